The molecule has 120 valence electrons. The van der Waals surface area contributed by atoms with E-state index in [9.17, 15) is 9.59 Å². The van der Waals surface area contributed by atoms with Gasteiger partial charge in [0.1, 0.15) is 11.2 Å². The SMILES string of the molecule is CCCCOC(=O)CCNc1nc(=O)n(C)c2c1ncn2C. The second-order valence-electron chi connectivity index (χ2n) is 5.08. The smallest absolute Gasteiger partial charge is 0.350 e. The van der Waals surface area contributed by atoms with E-state index in [4.69, 9.17) is 4.74 Å². The van der Waals surface area contributed by atoms with E-state index in [1.54, 1.807) is 17.9 Å². The molecule has 0 amide bonds. The number of nitrogens with one attached hydrogen (secondary N) is 1. The van der Waals surface area contributed by atoms with Gasteiger partial charge in [0.05, 0.1) is 19.4 Å². The number of unbranched alkanes of at least 4 members (excludes halogenated alkanes) is 1. The Labute approximate surface area is 128 Å². The molecule has 0 atom stereocenters. The highest BCUT2D eigenvalue weighted by Gasteiger charge is 2.13. The van der Waals surface area contributed by atoms with Crippen molar-refractivity contribution in [3.05, 3.63) is 16.8 Å². The molecular formula is C14H21N5O3. The minimum atomic E-state index is -0.371. The number of ether oxygens (including phenoxy) is 1. The third-order valence-electron chi connectivity index (χ3n) is 3.32. The van der Waals surface area contributed by atoms with Crippen molar-refractivity contribution in [1.29, 1.82) is 0 Å². The van der Waals surface area contributed by atoms with Crippen molar-refractivity contribution in [2.45, 2.75) is 26.2 Å². The quantitative estimate of drug-likeness (QED) is 0.601. The van der Waals surface area contributed by atoms with Crippen molar-refractivity contribution >= 4 is 23.0 Å². The van der Waals surface area contributed by atoms with Gasteiger partial charge in [0, 0.05) is 20.6 Å². The highest BCUT2D eigenvalue weighted by atomic mass is 16.5. The van der Waals surface area contributed by atoms with Crippen molar-refractivity contribution in [1.82, 2.24) is 19.1 Å². The lowest BCUT2D eigenvalue weighted by Crippen LogP contribution is -2.23. The molecule has 0 bridgehead atoms. The molecule has 0 spiro atoms. The fourth-order valence-electron chi connectivity index (χ4n) is 2.11. The van der Waals surface area contributed by atoms with Gasteiger partial charge in [-0.3, -0.25) is 9.36 Å². The maximum absolute atomic E-state index is 11.9. The zero-order chi connectivity index (χ0) is 16.1. The Bertz CT molecular complexity index is 719. The Morgan fingerprint density at radius 2 is 2.18 bits per heavy atom. The van der Waals surface area contributed by atoms with Crippen LogP contribution in [-0.4, -0.2) is 38.2 Å². The molecule has 0 aliphatic heterocycles. The van der Waals surface area contributed by atoms with E-state index >= 15 is 0 Å². The Kier molecular flexibility index (Phi) is 5.13. The van der Waals surface area contributed by atoms with Gasteiger partial charge in [0.15, 0.2) is 5.82 Å². The molecule has 2 rings (SSSR count). The molecule has 22 heavy (non-hydrogen) atoms. The fourth-order valence-corrected chi connectivity index (χ4v) is 2.11. The summed E-state index contributed by atoms with van der Waals surface area (Å²) >= 11 is 0. The predicted molar refractivity (Wildman–Crippen MR) is 82.7 cm³/mol. The first-order chi connectivity index (χ1) is 10.5. The third kappa shape index (κ3) is 3.44. The van der Waals surface area contributed by atoms with E-state index < -0.39 is 0 Å². The molecule has 0 unspecified atom stereocenters. The lowest BCUT2D eigenvalue weighted by Gasteiger charge is -2.08. The number of esters is 1. The molecule has 8 heteroatoms. The molecular weight excluding hydrogens is 286 g/mol. The first kappa shape index (κ1) is 16.0. The van der Waals surface area contributed by atoms with Crippen LogP contribution in [0.15, 0.2) is 11.1 Å². The number of nitrogens with zero attached hydrogens (tertiary/aromatic N) is 4. The van der Waals surface area contributed by atoms with E-state index in [1.807, 2.05) is 14.0 Å². The maximum Gasteiger partial charge on any atom is 0.350 e. The van der Waals surface area contributed by atoms with E-state index in [1.165, 1.54) is 4.57 Å². The van der Waals surface area contributed by atoms with E-state index in [0.717, 1.165) is 12.8 Å². The third-order valence-corrected chi connectivity index (χ3v) is 3.32. The van der Waals surface area contributed by atoms with Gasteiger partial charge in [0.25, 0.3) is 0 Å². The fraction of sp³-hybridized carbons (Fsp3) is 0.571. The normalized spacial score (nSPS) is 10.9. The van der Waals surface area contributed by atoms with Crippen molar-refractivity contribution in [2.75, 3.05) is 18.5 Å². The van der Waals surface area contributed by atoms with Crippen LogP contribution in [0.5, 0.6) is 0 Å². The zero-order valence-electron chi connectivity index (χ0n) is 13.1. The molecule has 2 aromatic rings. The number of carbonyl (C=O) groups is 1. The molecule has 0 saturated heterocycles. The summed E-state index contributed by atoms with van der Waals surface area (Å²) in [6, 6.07) is 0. The number of imidazole rings is 1. The number of hydrogen-bond acceptors (Lipinski definition) is 6. The van der Waals surface area contributed by atoms with Crippen molar-refractivity contribution in [3.63, 3.8) is 0 Å². The van der Waals surface area contributed by atoms with Crippen LogP contribution in [0.3, 0.4) is 0 Å². The van der Waals surface area contributed by atoms with Crippen LogP contribution in [0.4, 0.5) is 5.82 Å². The van der Waals surface area contributed by atoms with Gasteiger partial charge in [-0.05, 0) is 6.42 Å². The monoisotopic (exact) mass is 307 g/mol. The van der Waals surface area contributed by atoms with Crippen LogP contribution >= 0.6 is 0 Å². The van der Waals surface area contributed by atoms with E-state index in [2.05, 4.69) is 15.3 Å². The van der Waals surface area contributed by atoms with Crippen LogP contribution in [-0.2, 0) is 23.6 Å². The van der Waals surface area contributed by atoms with Crippen LogP contribution in [0.1, 0.15) is 26.2 Å². The summed E-state index contributed by atoms with van der Waals surface area (Å²) in [7, 11) is 3.46. The number of carbonyl (C=O) groups excluding carboxylic acids is 1. The number of aryl methyl sites for hydroxylation is 2. The zero-order valence-corrected chi connectivity index (χ0v) is 13.1. The van der Waals surface area contributed by atoms with E-state index in [0.29, 0.717) is 30.1 Å². The first-order valence-electron chi connectivity index (χ1n) is 7.32. The summed E-state index contributed by atoms with van der Waals surface area (Å²) in [5.41, 5.74) is 0.904. The molecule has 0 aliphatic carbocycles. The molecule has 0 aromatic carbocycles. The van der Waals surface area contributed by atoms with Gasteiger partial charge < -0.3 is 14.6 Å². The van der Waals surface area contributed by atoms with E-state index in [-0.39, 0.29) is 18.1 Å². The van der Waals surface area contributed by atoms with Crippen LogP contribution in [0.2, 0.25) is 0 Å². The average Bonchev–Trinajstić information content (AvgIpc) is 2.87. The van der Waals surface area contributed by atoms with Gasteiger partial charge in [-0.25, -0.2) is 9.78 Å². The van der Waals surface area contributed by atoms with Crippen LogP contribution in [0.25, 0.3) is 11.2 Å². The molecule has 0 fully saturated rings. The number of hydrogen-bond donors (Lipinski definition) is 1. The predicted octanol–water partition coefficient (Wildman–Crippen LogP) is 0.812. The molecule has 2 aromatic heterocycles. The van der Waals surface area contributed by atoms with Crippen molar-refractivity contribution < 1.29 is 9.53 Å². The largest absolute Gasteiger partial charge is 0.466 e. The molecule has 2 heterocycles. The highest BCUT2D eigenvalue weighted by Crippen LogP contribution is 2.16. The molecule has 0 radical (unpaired) electrons. The summed E-state index contributed by atoms with van der Waals surface area (Å²) in [6.45, 7) is 2.83. The minimum absolute atomic E-state index is 0.217. The van der Waals surface area contributed by atoms with Crippen molar-refractivity contribution in [2.24, 2.45) is 14.1 Å². The topological polar surface area (TPSA) is 91.0 Å². The number of rotatable bonds is 7. The van der Waals surface area contributed by atoms with Gasteiger partial charge in [-0.2, -0.15) is 4.98 Å². The minimum Gasteiger partial charge on any atom is -0.466 e. The summed E-state index contributed by atoms with van der Waals surface area (Å²) in [5, 5.41) is 2.99. The Morgan fingerprint density at radius 3 is 2.91 bits per heavy atom. The van der Waals surface area contributed by atoms with Gasteiger partial charge in [-0.1, -0.05) is 13.3 Å². The summed E-state index contributed by atoms with van der Waals surface area (Å²) in [4.78, 5) is 31.6. The number of aromatic nitrogens is 4. The summed E-state index contributed by atoms with van der Waals surface area (Å²) in [6.07, 6.45) is 3.69. The average molecular weight is 307 g/mol. The lowest BCUT2D eigenvalue weighted by atomic mass is 10.3. The summed E-state index contributed by atoms with van der Waals surface area (Å²) in [5.74, 6) is 0.127. The van der Waals surface area contributed by atoms with Gasteiger partial charge in [0.2, 0.25) is 0 Å². The maximum atomic E-state index is 11.9. The molecule has 0 aliphatic rings. The summed E-state index contributed by atoms with van der Waals surface area (Å²) < 4.78 is 8.26. The number of fused-ring (bicyclic) bond motifs is 1. The van der Waals surface area contributed by atoms with Crippen LogP contribution < -0.4 is 11.0 Å². The van der Waals surface area contributed by atoms with Crippen LogP contribution in [0, 0.1) is 0 Å². The van der Waals surface area contributed by atoms with Gasteiger partial charge >= 0.3 is 11.7 Å². The second-order valence-corrected chi connectivity index (χ2v) is 5.08. The van der Waals surface area contributed by atoms with Gasteiger partial charge in [-0.15, -0.1) is 0 Å². The Balaban J connectivity index is 2.02. The Hall–Kier alpha value is -2.38. The first-order valence-corrected chi connectivity index (χ1v) is 7.32. The molecule has 0 saturated carbocycles. The Morgan fingerprint density at radius 1 is 1.41 bits per heavy atom. The standard InChI is InChI=1S/C14H21N5O3/c1-4-5-8-22-10(20)6-7-15-12-11-13(18(2)9-16-11)19(3)14(21)17-12/h9H,4-8H2,1-3H3,(H,15,17,21). The lowest BCUT2D eigenvalue weighted by molar-refractivity contribution is -0.143. The molecule has 1 N–H and O–H groups in total. The van der Waals surface area contributed by atoms with Crippen molar-refractivity contribution in [3.8, 4) is 0 Å². The molecule has 8 nitrogen and oxygen atoms in total. The second kappa shape index (κ2) is 7.06. The highest BCUT2D eigenvalue weighted by molar-refractivity contribution is 5.83. The number of anilines is 1.